The van der Waals surface area contributed by atoms with E-state index in [1.807, 2.05) is 0 Å². The summed E-state index contributed by atoms with van der Waals surface area (Å²) in [4.78, 5) is 11.1. The number of fused-ring (bicyclic) bond motifs is 1. The molecule has 243 valence electrons. The second kappa shape index (κ2) is 13.8. The largest absolute Gasteiger partial charge is 0.505 e. The van der Waals surface area contributed by atoms with Gasteiger partial charge >= 0.3 is 6.08 Å². The molecule has 0 atom stereocenters. The molecule has 1 aliphatic rings. The number of phenolic OH excluding ortho intramolecular Hbond substituents is 1. The van der Waals surface area contributed by atoms with Crippen molar-refractivity contribution < 1.29 is 48.6 Å². The average Bonchev–Trinajstić information content (AvgIpc) is 2.99. The number of aromatic nitrogens is 3. The number of nitrogens with one attached hydrogen (secondary N) is 1. The van der Waals surface area contributed by atoms with Gasteiger partial charge in [0.05, 0.1) is 34.4 Å². The van der Waals surface area contributed by atoms with Gasteiger partial charge in [0.25, 0.3) is 20.2 Å². The van der Waals surface area contributed by atoms with E-state index >= 15 is 0 Å². The number of rotatable bonds is 9. The van der Waals surface area contributed by atoms with Crippen LogP contribution in [0.4, 0.5) is 33.3 Å². The Hall–Kier alpha value is -3.67. The van der Waals surface area contributed by atoms with E-state index in [2.05, 4.69) is 37.1 Å². The van der Waals surface area contributed by atoms with Gasteiger partial charge in [-0.15, -0.1) is 5.11 Å². The van der Waals surface area contributed by atoms with E-state index < -0.39 is 63.3 Å². The van der Waals surface area contributed by atoms with Crippen molar-refractivity contribution in [3.63, 3.8) is 0 Å². The molecular formula is C25H22FN7NaO10S3. The van der Waals surface area contributed by atoms with Gasteiger partial charge in [-0.25, -0.2) is 8.42 Å². The van der Waals surface area contributed by atoms with Crippen molar-refractivity contribution in [1.82, 2.24) is 15.0 Å². The monoisotopic (exact) mass is 718 g/mol. The molecule has 4 aromatic rings. The van der Waals surface area contributed by atoms with Gasteiger partial charge in [0.1, 0.15) is 10.6 Å². The minimum absolute atomic E-state index is 0. The van der Waals surface area contributed by atoms with Crippen LogP contribution >= 0.6 is 0 Å². The topological polar surface area (TPSA) is 251 Å². The van der Waals surface area contributed by atoms with Crippen molar-refractivity contribution in [2.45, 2.75) is 14.7 Å². The Bertz CT molecular complexity index is 2230. The number of anilines is 3. The molecule has 22 heteroatoms. The zero-order valence-electron chi connectivity index (χ0n) is 24.1. The molecule has 47 heavy (non-hydrogen) atoms. The van der Waals surface area contributed by atoms with Crippen molar-refractivity contribution in [3.8, 4) is 5.75 Å². The maximum absolute atomic E-state index is 14.5. The number of halogens is 1. The zero-order chi connectivity index (χ0) is 33.4. The Morgan fingerprint density at radius 1 is 0.915 bits per heavy atom. The first kappa shape index (κ1) is 36.2. The van der Waals surface area contributed by atoms with E-state index in [0.717, 1.165) is 23.6 Å². The number of sulfone groups is 1. The second-order valence-electron chi connectivity index (χ2n) is 9.45. The standard InChI is InChI=1S/C25H22FN7O10S3.Na/c1-2-44(35,36)16-5-3-15(4-6-16)31-32-21-19(46(40,41)42)12-14-11-17(45(37,38)39)13-18(20(14)22(21)34)27-24-28-23(26)29-25(30-24)33-7-9-43-10-8-33;/h2-6,11-13,34H,1,7-10H2,(H,37,38,39)(H,40,41,42)(H,27,28,29,30);. The second-order valence-corrected chi connectivity index (χ2v) is 14.2. The molecule has 0 saturated carbocycles. The van der Waals surface area contributed by atoms with Crippen molar-refractivity contribution >= 4 is 99.4 Å². The quantitative estimate of drug-likeness (QED) is 0.110. The first-order valence-electron chi connectivity index (χ1n) is 12.8. The van der Waals surface area contributed by atoms with Gasteiger partial charge in [0.15, 0.2) is 15.6 Å². The molecule has 17 nitrogen and oxygen atoms in total. The smallest absolute Gasteiger partial charge is 0.315 e. The van der Waals surface area contributed by atoms with Gasteiger partial charge in [0.2, 0.25) is 11.9 Å². The summed E-state index contributed by atoms with van der Waals surface area (Å²) in [6, 6.07) is 7.18. The molecule has 0 aliphatic carbocycles. The van der Waals surface area contributed by atoms with Crippen LogP contribution in [0.2, 0.25) is 0 Å². The van der Waals surface area contributed by atoms with Crippen LogP contribution < -0.4 is 10.2 Å². The maximum Gasteiger partial charge on any atom is 0.315 e. The number of hydrogen-bond donors (Lipinski definition) is 4. The summed E-state index contributed by atoms with van der Waals surface area (Å²) in [5.41, 5.74) is -1.17. The molecular weight excluding hydrogens is 697 g/mol. The average molecular weight is 719 g/mol. The zero-order valence-corrected chi connectivity index (χ0v) is 28.6. The van der Waals surface area contributed by atoms with Gasteiger partial charge in [-0.1, -0.05) is 6.58 Å². The fourth-order valence-electron chi connectivity index (χ4n) is 4.33. The van der Waals surface area contributed by atoms with E-state index in [1.165, 1.54) is 24.3 Å². The third kappa shape index (κ3) is 8.08. The van der Waals surface area contributed by atoms with Crippen molar-refractivity contribution in [1.29, 1.82) is 0 Å². The van der Waals surface area contributed by atoms with Crippen LogP contribution in [-0.4, -0.2) is 110 Å². The predicted molar refractivity (Wildman–Crippen MR) is 165 cm³/mol. The maximum atomic E-state index is 14.5. The van der Waals surface area contributed by atoms with E-state index in [9.17, 15) is 43.9 Å². The summed E-state index contributed by atoms with van der Waals surface area (Å²) in [6.07, 6.45) is -1.21. The van der Waals surface area contributed by atoms with Crippen LogP contribution in [0.5, 0.6) is 5.75 Å². The SMILES string of the molecule is C=CS(=O)(=O)c1ccc(N=Nc2c(S(=O)(=O)O)cc3cc(S(=O)(=O)O)cc(Nc4nc(F)nc(N5CCOCC5)n4)c3c2O)cc1.[Na]. The molecule has 5 rings (SSSR count). The van der Waals surface area contributed by atoms with Crippen LogP contribution in [0.25, 0.3) is 10.8 Å². The van der Waals surface area contributed by atoms with Gasteiger partial charge in [-0.3, -0.25) is 9.11 Å². The summed E-state index contributed by atoms with van der Waals surface area (Å²) in [5.74, 6) is -1.50. The van der Waals surface area contributed by atoms with Crippen molar-refractivity contribution in [3.05, 3.63) is 60.5 Å². The number of phenols is 1. The molecule has 4 N–H and O–H groups in total. The van der Waals surface area contributed by atoms with E-state index in [1.54, 1.807) is 4.90 Å². The van der Waals surface area contributed by atoms with Gasteiger partial charge in [-0.2, -0.15) is 41.3 Å². The summed E-state index contributed by atoms with van der Waals surface area (Å²) >= 11 is 0. The van der Waals surface area contributed by atoms with Crippen LogP contribution in [-0.2, 0) is 34.8 Å². The van der Waals surface area contributed by atoms with Gasteiger partial charge < -0.3 is 20.1 Å². The Balaban J connectivity index is 0.00000500. The number of morpholine rings is 1. The number of hydrogen-bond acceptors (Lipinski definition) is 15. The molecule has 1 aromatic heterocycles. The van der Waals surface area contributed by atoms with E-state index in [0.29, 0.717) is 26.3 Å². The number of benzene rings is 3. The van der Waals surface area contributed by atoms with E-state index in [-0.39, 0.29) is 62.5 Å². The first-order valence-corrected chi connectivity index (χ1v) is 17.2. The normalized spacial score (nSPS) is 14.2. The number of azo groups is 1. The molecule has 0 unspecified atom stereocenters. The molecule has 2 heterocycles. The fraction of sp³-hybridized carbons (Fsp3) is 0.160. The van der Waals surface area contributed by atoms with Crippen LogP contribution in [0, 0.1) is 6.08 Å². The molecule has 1 saturated heterocycles. The third-order valence-corrected chi connectivity index (χ3v) is 9.55. The molecule has 1 radical (unpaired) electrons. The molecule has 1 aliphatic heterocycles. The van der Waals surface area contributed by atoms with Crippen LogP contribution in [0.15, 0.2) is 79.4 Å². The number of ether oxygens (including phenoxy) is 1. The molecule has 0 bridgehead atoms. The molecule has 3 aromatic carbocycles. The first-order chi connectivity index (χ1) is 21.6. The van der Waals surface area contributed by atoms with Crippen molar-refractivity contribution in [2.24, 2.45) is 10.2 Å². The summed E-state index contributed by atoms with van der Waals surface area (Å²) in [5, 5.41) is 21.5. The molecule has 0 amide bonds. The Morgan fingerprint density at radius 3 is 2.17 bits per heavy atom. The third-order valence-electron chi connectivity index (χ3n) is 6.49. The van der Waals surface area contributed by atoms with Crippen LogP contribution in [0.1, 0.15) is 0 Å². The van der Waals surface area contributed by atoms with Crippen LogP contribution in [0.3, 0.4) is 0 Å². The van der Waals surface area contributed by atoms with Gasteiger partial charge in [0, 0.05) is 53.4 Å². The summed E-state index contributed by atoms with van der Waals surface area (Å²) < 4.78 is 112. The molecule has 0 spiro atoms. The minimum Gasteiger partial charge on any atom is -0.505 e. The minimum atomic E-state index is -5.16. The Labute approximate surface area is 289 Å². The van der Waals surface area contributed by atoms with Crippen molar-refractivity contribution in [2.75, 3.05) is 36.5 Å². The summed E-state index contributed by atoms with van der Waals surface area (Å²) in [6.45, 7) is 4.51. The molecule has 1 fully saturated rings. The predicted octanol–water partition coefficient (Wildman–Crippen LogP) is 2.89. The number of aromatic hydroxyl groups is 1. The van der Waals surface area contributed by atoms with Gasteiger partial charge in [-0.05, 0) is 47.9 Å². The summed E-state index contributed by atoms with van der Waals surface area (Å²) in [7, 11) is -13.9. The fourth-order valence-corrected chi connectivity index (χ4v) is 6.24. The number of nitrogens with zero attached hydrogens (tertiary/aromatic N) is 6. The Kier molecular flexibility index (Phi) is 10.6. The van der Waals surface area contributed by atoms with E-state index in [4.69, 9.17) is 4.74 Å². The Morgan fingerprint density at radius 2 is 1.57 bits per heavy atom.